The number of thiazole rings is 1. The molecule has 3 rings (SSSR count). The number of amides is 2. The van der Waals surface area contributed by atoms with Crippen LogP contribution >= 0.6 is 11.3 Å². The van der Waals surface area contributed by atoms with Crippen LogP contribution in [-0.2, 0) is 11.2 Å². The molecule has 3 aromatic rings. The second kappa shape index (κ2) is 11.1. The summed E-state index contributed by atoms with van der Waals surface area (Å²) < 4.78 is 5.67. The van der Waals surface area contributed by atoms with Crippen molar-refractivity contribution in [2.45, 2.75) is 26.2 Å². The lowest BCUT2D eigenvalue weighted by atomic mass is 10.2. The molecule has 1 heterocycles. The molecule has 156 valence electrons. The Balaban J connectivity index is 1.31. The Hall–Kier alpha value is -3.19. The quantitative estimate of drug-likeness (QED) is 0.479. The van der Waals surface area contributed by atoms with Crippen LogP contribution in [0.4, 0.5) is 5.13 Å². The lowest BCUT2D eigenvalue weighted by Gasteiger charge is -2.07. The van der Waals surface area contributed by atoms with E-state index < -0.39 is 0 Å². The summed E-state index contributed by atoms with van der Waals surface area (Å²) in [6.45, 7) is 3.26. The maximum atomic E-state index is 12.1. The van der Waals surface area contributed by atoms with Gasteiger partial charge in [-0.2, -0.15) is 0 Å². The zero-order valence-corrected chi connectivity index (χ0v) is 17.7. The third kappa shape index (κ3) is 7.00. The summed E-state index contributed by atoms with van der Waals surface area (Å²) in [6.07, 6.45) is 1.89. The number of nitrogens with one attached hydrogen (secondary N) is 2. The maximum absolute atomic E-state index is 12.1. The number of anilines is 1. The smallest absolute Gasteiger partial charge is 0.257 e. The van der Waals surface area contributed by atoms with Gasteiger partial charge in [0.2, 0.25) is 5.91 Å². The lowest BCUT2D eigenvalue weighted by molar-refractivity contribution is -0.120. The van der Waals surface area contributed by atoms with Gasteiger partial charge in [0.05, 0.1) is 18.7 Å². The Labute approximate surface area is 180 Å². The van der Waals surface area contributed by atoms with Gasteiger partial charge in [-0.05, 0) is 44.0 Å². The molecule has 0 bridgehead atoms. The van der Waals surface area contributed by atoms with Crippen LogP contribution in [0.15, 0.2) is 60.0 Å². The molecule has 2 N–H and O–H groups in total. The van der Waals surface area contributed by atoms with Gasteiger partial charge in [-0.15, -0.1) is 11.3 Å². The number of ether oxygens (including phenoxy) is 1. The van der Waals surface area contributed by atoms with Crippen molar-refractivity contribution < 1.29 is 14.3 Å². The fourth-order valence-corrected chi connectivity index (χ4v) is 3.42. The van der Waals surface area contributed by atoms with Crippen molar-refractivity contribution in [3.05, 3.63) is 76.8 Å². The fourth-order valence-electron chi connectivity index (χ4n) is 2.71. The summed E-state index contributed by atoms with van der Waals surface area (Å²) in [7, 11) is 0. The Morgan fingerprint density at radius 2 is 1.80 bits per heavy atom. The predicted molar refractivity (Wildman–Crippen MR) is 119 cm³/mol. The molecule has 1 aromatic heterocycles. The van der Waals surface area contributed by atoms with Crippen LogP contribution in [-0.4, -0.2) is 29.9 Å². The highest BCUT2D eigenvalue weighted by atomic mass is 32.1. The lowest BCUT2D eigenvalue weighted by Crippen LogP contribution is -2.26. The molecule has 0 unspecified atom stereocenters. The van der Waals surface area contributed by atoms with Crippen molar-refractivity contribution in [2.24, 2.45) is 0 Å². The molecule has 0 saturated carbocycles. The zero-order valence-electron chi connectivity index (χ0n) is 16.9. The number of aryl methyl sites for hydroxylation is 1. The summed E-state index contributed by atoms with van der Waals surface area (Å²) in [6, 6.07) is 16.9. The van der Waals surface area contributed by atoms with Gasteiger partial charge in [0.25, 0.3) is 5.91 Å². The maximum Gasteiger partial charge on any atom is 0.257 e. The summed E-state index contributed by atoms with van der Waals surface area (Å²) in [5.74, 6) is 0.567. The molecule has 0 aliphatic rings. The number of carbonyl (C=O) groups excluding carboxylic acids is 2. The molecular formula is C23H25N3O3S. The monoisotopic (exact) mass is 423 g/mol. The summed E-state index contributed by atoms with van der Waals surface area (Å²) in [5, 5.41) is 7.93. The summed E-state index contributed by atoms with van der Waals surface area (Å²) >= 11 is 1.31. The van der Waals surface area contributed by atoms with Gasteiger partial charge in [-0.25, -0.2) is 4.98 Å². The van der Waals surface area contributed by atoms with Crippen LogP contribution in [0.5, 0.6) is 5.75 Å². The summed E-state index contributed by atoms with van der Waals surface area (Å²) in [5.41, 5.74) is 2.41. The first-order valence-corrected chi connectivity index (χ1v) is 10.7. The van der Waals surface area contributed by atoms with Gasteiger partial charge in [-0.3, -0.25) is 14.9 Å². The normalized spacial score (nSPS) is 10.4. The first kappa shape index (κ1) is 21.5. The van der Waals surface area contributed by atoms with Crippen molar-refractivity contribution in [1.82, 2.24) is 10.3 Å². The van der Waals surface area contributed by atoms with Crippen molar-refractivity contribution in [1.29, 1.82) is 0 Å². The third-order valence-electron chi connectivity index (χ3n) is 4.33. The van der Waals surface area contributed by atoms with E-state index in [0.717, 1.165) is 18.6 Å². The van der Waals surface area contributed by atoms with Crippen LogP contribution in [0.3, 0.4) is 0 Å². The van der Waals surface area contributed by atoms with Crippen LogP contribution in [0.25, 0.3) is 0 Å². The molecular weight excluding hydrogens is 398 g/mol. The van der Waals surface area contributed by atoms with Crippen molar-refractivity contribution in [3.63, 3.8) is 0 Å². The highest BCUT2D eigenvalue weighted by Crippen LogP contribution is 2.17. The van der Waals surface area contributed by atoms with Crippen LogP contribution in [0.1, 0.15) is 34.5 Å². The Morgan fingerprint density at radius 1 is 1.03 bits per heavy atom. The summed E-state index contributed by atoms with van der Waals surface area (Å²) in [4.78, 5) is 28.5. The van der Waals surface area contributed by atoms with Gasteiger partial charge in [0, 0.05) is 17.5 Å². The highest BCUT2D eigenvalue weighted by molar-refractivity contribution is 7.14. The second-order valence-electron chi connectivity index (χ2n) is 6.86. The Bertz CT molecular complexity index is 955. The van der Waals surface area contributed by atoms with Gasteiger partial charge in [-0.1, -0.05) is 35.9 Å². The molecule has 0 fully saturated rings. The molecule has 0 radical (unpaired) electrons. The number of hydrogen-bond donors (Lipinski definition) is 2. The third-order valence-corrected chi connectivity index (χ3v) is 5.14. The van der Waals surface area contributed by atoms with Gasteiger partial charge in [0.1, 0.15) is 5.75 Å². The average Bonchev–Trinajstić information content (AvgIpc) is 3.19. The SMILES string of the molecule is Cc1ccc(OCCCCNC(=O)Cc2csc(NC(=O)c3ccccc3)n2)cc1. The van der Waals surface area contributed by atoms with E-state index in [1.54, 1.807) is 29.6 Å². The topological polar surface area (TPSA) is 80.3 Å². The van der Waals surface area contributed by atoms with E-state index in [-0.39, 0.29) is 18.2 Å². The predicted octanol–water partition coefficient (Wildman–Crippen LogP) is 4.22. The molecule has 0 atom stereocenters. The number of aromatic nitrogens is 1. The van der Waals surface area contributed by atoms with Crippen LogP contribution < -0.4 is 15.4 Å². The van der Waals surface area contributed by atoms with Gasteiger partial charge in [0.15, 0.2) is 5.13 Å². The van der Waals surface area contributed by atoms with Gasteiger partial charge < -0.3 is 10.1 Å². The Kier molecular flexibility index (Phi) is 7.97. The molecule has 7 heteroatoms. The molecule has 2 amide bonds. The van der Waals surface area contributed by atoms with Crippen LogP contribution in [0.2, 0.25) is 0 Å². The van der Waals surface area contributed by atoms with Crippen molar-refractivity contribution >= 4 is 28.3 Å². The minimum atomic E-state index is -0.214. The second-order valence-corrected chi connectivity index (χ2v) is 7.72. The Morgan fingerprint density at radius 3 is 2.57 bits per heavy atom. The van der Waals surface area contributed by atoms with E-state index >= 15 is 0 Å². The van der Waals surface area contributed by atoms with Crippen molar-refractivity contribution in [2.75, 3.05) is 18.5 Å². The molecule has 30 heavy (non-hydrogen) atoms. The minimum Gasteiger partial charge on any atom is -0.494 e. The highest BCUT2D eigenvalue weighted by Gasteiger charge is 2.11. The number of carbonyl (C=O) groups is 2. The largest absolute Gasteiger partial charge is 0.494 e. The van der Waals surface area contributed by atoms with E-state index in [1.165, 1.54) is 16.9 Å². The zero-order chi connectivity index (χ0) is 21.2. The standard InChI is InChI=1S/C23H25N3O3S/c1-17-9-11-20(12-10-17)29-14-6-5-13-24-21(27)15-19-16-30-23(25-19)26-22(28)18-7-3-2-4-8-18/h2-4,7-12,16H,5-6,13-15H2,1H3,(H,24,27)(H,25,26,28). The fraction of sp³-hybridized carbons (Fsp3) is 0.261. The first-order chi connectivity index (χ1) is 14.6. The first-order valence-electron chi connectivity index (χ1n) is 9.87. The van der Waals surface area contributed by atoms with E-state index in [1.807, 2.05) is 37.3 Å². The molecule has 6 nitrogen and oxygen atoms in total. The molecule has 0 spiro atoms. The number of hydrogen-bond acceptors (Lipinski definition) is 5. The molecule has 2 aromatic carbocycles. The number of benzene rings is 2. The molecule has 0 aliphatic heterocycles. The van der Waals surface area contributed by atoms with Crippen molar-refractivity contribution in [3.8, 4) is 5.75 Å². The van der Waals surface area contributed by atoms with Gasteiger partial charge >= 0.3 is 0 Å². The molecule has 0 aliphatic carbocycles. The van der Waals surface area contributed by atoms with E-state index in [4.69, 9.17) is 4.74 Å². The number of rotatable bonds is 10. The molecule has 0 saturated heterocycles. The number of unbranched alkanes of at least 4 members (excludes halogenated alkanes) is 1. The minimum absolute atomic E-state index is 0.0827. The van der Waals surface area contributed by atoms with E-state index in [9.17, 15) is 9.59 Å². The van der Waals surface area contributed by atoms with E-state index in [2.05, 4.69) is 15.6 Å². The number of nitrogens with zero attached hydrogens (tertiary/aromatic N) is 1. The average molecular weight is 424 g/mol. The van der Waals surface area contributed by atoms with E-state index in [0.29, 0.717) is 29.5 Å². The van der Waals surface area contributed by atoms with Crippen LogP contribution in [0, 0.1) is 6.92 Å².